The first kappa shape index (κ1) is 18.8. The Bertz CT molecular complexity index is 1270. The van der Waals surface area contributed by atoms with Crippen molar-refractivity contribution in [1.29, 1.82) is 0 Å². The van der Waals surface area contributed by atoms with Gasteiger partial charge in [-0.3, -0.25) is 4.79 Å². The van der Waals surface area contributed by atoms with Crippen LogP contribution in [0.15, 0.2) is 51.9 Å². The van der Waals surface area contributed by atoms with Gasteiger partial charge in [0.15, 0.2) is 0 Å². The molecule has 3 N–H and O–H groups in total. The average molecular weight is 430 g/mol. The molecule has 0 bridgehead atoms. The van der Waals surface area contributed by atoms with Gasteiger partial charge in [0, 0.05) is 22.7 Å². The molecule has 2 unspecified atom stereocenters. The van der Waals surface area contributed by atoms with Crippen molar-refractivity contribution >= 4 is 38.3 Å². The molecule has 1 fully saturated rings. The zero-order chi connectivity index (χ0) is 20.4. The van der Waals surface area contributed by atoms with Crippen molar-refractivity contribution in [3.8, 4) is 11.1 Å². The van der Waals surface area contributed by atoms with E-state index >= 15 is 0 Å². The fourth-order valence-electron chi connectivity index (χ4n) is 3.96. The zero-order valence-electron chi connectivity index (χ0n) is 15.7. The van der Waals surface area contributed by atoms with E-state index in [0.717, 1.165) is 41.5 Å². The summed E-state index contributed by atoms with van der Waals surface area (Å²) < 4.78 is 19.9. The number of hydrogen-bond donors (Lipinski definition) is 3. The number of aromatic amines is 1. The average Bonchev–Trinajstić information content (AvgIpc) is 3.20. The number of carbonyl (C=O) groups is 1. The minimum atomic E-state index is -3.03. The maximum Gasteiger partial charge on any atom is 0.272 e. The third kappa shape index (κ3) is 2.92. The molecular weight excluding hydrogens is 410 g/mol. The molecule has 3 aromatic rings. The van der Waals surface area contributed by atoms with Gasteiger partial charge in [-0.2, -0.15) is 0 Å². The molecule has 2 aliphatic rings. The molecule has 0 saturated heterocycles. The number of nitrogens with one attached hydrogen (secondary N) is 2. The smallest absolute Gasteiger partial charge is 0.272 e. The highest BCUT2D eigenvalue weighted by Gasteiger charge is 2.36. The Balaban J connectivity index is 1.61. The topological polar surface area (TPSA) is 94.6 Å². The lowest BCUT2D eigenvalue weighted by Gasteiger charge is -2.37. The van der Waals surface area contributed by atoms with Gasteiger partial charge >= 0.3 is 0 Å². The Morgan fingerprint density at radius 2 is 1.97 bits per heavy atom. The summed E-state index contributed by atoms with van der Waals surface area (Å²) in [5.41, 5.74) is 2.60. The summed E-state index contributed by atoms with van der Waals surface area (Å²) in [6.07, 6.45) is 4.22. The van der Waals surface area contributed by atoms with Crippen molar-refractivity contribution in [1.82, 2.24) is 9.71 Å². The third-order valence-corrected chi connectivity index (χ3v) is 8.23. The molecule has 2 heterocycles. The number of aliphatic hydroxyl groups is 1. The van der Waals surface area contributed by atoms with Crippen LogP contribution in [0.1, 0.15) is 31.7 Å². The van der Waals surface area contributed by atoms with E-state index in [1.165, 1.54) is 0 Å². The Morgan fingerprint density at radius 3 is 2.55 bits per heavy atom. The van der Waals surface area contributed by atoms with Gasteiger partial charge in [-0.05, 0) is 49.4 Å². The summed E-state index contributed by atoms with van der Waals surface area (Å²) in [7, 11) is -3.03. The second kappa shape index (κ2) is 6.40. The number of carbonyl (C=O) groups excluding carboxylic acids is 1. The van der Waals surface area contributed by atoms with E-state index in [0.29, 0.717) is 15.3 Å². The lowest BCUT2D eigenvalue weighted by Crippen LogP contribution is -2.33. The Kier molecular flexibility index (Phi) is 4.15. The molecule has 5 rings (SSSR count). The highest BCUT2D eigenvalue weighted by Crippen LogP contribution is 2.42. The molecule has 2 aromatic carbocycles. The van der Waals surface area contributed by atoms with Crippen LogP contribution >= 0.6 is 11.6 Å². The maximum atomic E-state index is 13.2. The van der Waals surface area contributed by atoms with E-state index in [-0.39, 0.29) is 0 Å². The Morgan fingerprint density at radius 1 is 1.24 bits per heavy atom. The second-order valence-corrected chi connectivity index (χ2v) is 10.1. The summed E-state index contributed by atoms with van der Waals surface area (Å²) in [5.74, 6) is -0.414. The van der Waals surface area contributed by atoms with E-state index in [4.69, 9.17) is 11.6 Å². The molecule has 2 atom stereocenters. The van der Waals surface area contributed by atoms with E-state index in [9.17, 15) is 14.1 Å². The number of fused-ring (bicyclic) bond motifs is 1. The largest absolute Gasteiger partial charge is 0.385 e. The van der Waals surface area contributed by atoms with Gasteiger partial charge in [0.05, 0.1) is 21.6 Å². The van der Waals surface area contributed by atoms with Gasteiger partial charge in [-0.15, -0.1) is 4.36 Å². The summed E-state index contributed by atoms with van der Waals surface area (Å²) in [4.78, 5) is 15.4. The van der Waals surface area contributed by atoms with E-state index in [1.54, 1.807) is 19.2 Å². The summed E-state index contributed by atoms with van der Waals surface area (Å²) in [6, 6.07) is 10.8. The van der Waals surface area contributed by atoms with Gasteiger partial charge in [-0.25, -0.2) is 8.93 Å². The number of rotatable bonds is 3. The number of hydrogen-bond acceptors (Lipinski definition) is 3. The molecule has 6 nitrogen and oxygen atoms in total. The highest BCUT2D eigenvalue weighted by atomic mass is 35.5. The summed E-state index contributed by atoms with van der Waals surface area (Å²) >= 11 is 6.52. The minimum Gasteiger partial charge on any atom is -0.385 e. The molecule has 1 amide bonds. The highest BCUT2D eigenvalue weighted by molar-refractivity contribution is 7.92. The molecule has 150 valence electrons. The first-order valence-electron chi connectivity index (χ1n) is 9.51. The van der Waals surface area contributed by atoms with Gasteiger partial charge in [0.1, 0.15) is 9.92 Å². The molecule has 1 saturated carbocycles. The van der Waals surface area contributed by atoms with Crippen LogP contribution in [0.4, 0.5) is 0 Å². The first-order valence-corrected chi connectivity index (χ1v) is 11.4. The molecule has 1 aromatic heterocycles. The van der Waals surface area contributed by atoms with Crippen molar-refractivity contribution in [2.24, 2.45) is 4.36 Å². The molecule has 29 heavy (non-hydrogen) atoms. The fraction of sp³-hybridized carbons (Fsp3) is 0.286. The number of benzene rings is 2. The maximum absolute atomic E-state index is 13.2. The monoisotopic (exact) mass is 429 g/mol. The van der Waals surface area contributed by atoms with Crippen LogP contribution in [0.25, 0.3) is 22.0 Å². The SMILES string of the molecule is CC1NS(=O)(c2c[nH]c3cc(Cl)c(-c4ccc(C5(O)CCC5)cc4)cc23)=NC1=O. The van der Waals surface area contributed by atoms with Gasteiger partial charge in [0.2, 0.25) is 0 Å². The van der Waals surface area contributed by atoms with Gasteiger partial charge in [-0.1, -0.05) is 35.9 Å². The molecule has 1 aliphatic carbocycles. The number of aromatic nitrogens is 1. The zero-order valence-corrected chi connectivity index (χ0v) is 17.3. The number of H-pyrrole nitrogens is 1. The van der Waals surface area contributed by atoms with Crippen LogP contribution in [-0.4, -0.2) is 26.2 Å². The minimum absolute atomic E-state index is 0.414. The third-order valence-electron chi connectivity index (χ3n) is 5.87. The van der Waals surface area contributed by atoms with Crippen molar-refractivity contribution in [2.75, 3.05) is 0 Å². The molecule has 8 heteroatoms. The second-order valence-electron chi connectivity index (χ2n) is 7.79. The van der Waals surface area contributed by atoms with Crippen molar-refractivity contribution < 1.29 is 14.1 Å². The van der Waals surface area contributed by atoms with E-state index < -0.39 is 27.5 Å². The van der Waals surface area contributed by atoms with Gasteiger partial charge < -0.3 is 10.1 Å². The van der Waals surface area contributed by atoms with Crippen molar-refractivity contribution in [3.05, 3.63) is 53.2 Å². The van der Waals surface area contributed by atoms with Crippen molar-refractivity contribution in [3.63, 3.8) is 0 Å². The standard InChI is InChI=1S/C21H20ClN3O3S/c1-12-20(26)25-29(28,24-12)19-11-23-18-10-17(22)15(9-16(18)19)13-3-5-14(6-4-13)21(27)7-2-8-21/h3-6,9-12,23,27H,2,7-8H2,1H3,(H,24,25,26,28). The summed E-state index contributed by atoms with van der Waals surface area (Å²) in [5, 5.41) is 11.8. The van der Waals surface area contributed by atoms with Crippen LogP contribution in [-0.2, 0) is 20.3 Å². The molecule has 1 aliphatic heterocycles. The molecular formula is C21H20ClN3O3S. The van der Waals surface area contributed by atoms with E-state index in [2.05, 4.69) is 14.1 Å². The Labute approximate surface area is 173 Å². The van der Waals surface area contributed by atoms with Crippen LogP contribution in [0.3, 0.4) is 0 Å². The van der Waals surface area contributed by atoms with Crippen LogP contribution in [0, 0.1) is 0 Å². The quantitative estimate of drug-likeness (QED) is 0.584. The predicted octanol–water partition coefficient (Wildman–Crippen LogP) is 4.12. The Hall–Kier alpha value is -2.19. The molecule has 0 radical (unpaired) electrons. The normalized spacial score (nSPS) is 25.8. The van der Waals surface area contributed by atoms with Crippen LogP contribution in [0.2, 0.25) is 5.02 Å². The van der Waals surface area contributed by atoms with Gasteiger partial charge in [0.25, 0.3) is 5.91 Å². The fourth-order valence-corrected chi connectivity index (χ4v) is 6.19. The van der Waals surface area contributed by atoms with Crippen molar-refractivity contribution in [2.45, 2.75) is 42.7 Å². The number of halogens is 1. The van der Waals surface area contributed by atoms with Crippen LogP contribution < -0.4 is 4.72 Å². The first-order chi connectivity index (χ1) is 13.8. The van der Waals surface area contributed by atoms with E-state index in [1.807, 2.05) is 30.3 Å². The number of nitrogens with zero attached hydrogens (tertiary/aromatic N) is 1. The number of amides is 1. The predicted molar refractivity (Wildman–Crippen MR) is 113 cm³/mol. The summed E-state index contributed by atoms with van der Waals surface area (Å²) in [6.45, 7) is 1.65. The van der Waals surface area contributed by atoms with Crippen LogP contribution in [0.5, 0.6) is 0 Å². The lowest BCUT2D eigenvalue weighted by atomic mass is 9.75. The molecule has 0 spiro atoms. The lowest BCUT2D eigenvalue weighted by molar-refractivity contribution is -0.118.